The molecule has 1 aliphatic rings. The van der Waals surface area contributed by atoms with Crippen LogP contribution in [0.15, 0.2) is 72.8 Å². The van der Waals surface area contributed by atoms with Gasteiger partial charge in [-0.2, -0.15) is 22.0 Å². The third-order valence-electron chi connectivity index (χ3n) is 6.66. The third kappa shape index (κ3) is 7.06. The number of hydrogen-bond acceptors (Lipinski definition) is 2. The van der Waals surface area contributed by atoms with Crippen molar-refractivity contribution < 1.29 is 49.0 Å². The second-order valence-electron chi connectivity index (χ2n) is 9.76. The highest BCUT2D eigenvalue weighted by Gasteiger charge is 2.61. The predicted molar refractivity (Wildman–Crippen MR) is 130 cm³/mol. The lowest BCUT2D eigenvalue weighted by atomic mass is 9.77. The zero-order valence-corrected chi connectivity index (χ0v) is 21.1. The molecule has 0 aliphatic heterocycles. The summed E-state index contributed by atoms with van der Waals surface area (Å²) in [5.74, 6) is -6.20. The van der Waals surface area contributed by atoms with Crippen LogP contribution in [-0.4, -0.2) is 30.3 Å². The minimum atomic E-state index is -6.13. The van der Waals surface area contributed by atoms with Crippen molar-refractivity contribution in [2.24, 2.45) is 0 Å². The van der Waals surface area contributed by atoms with Gasteiger partial charge in [0.2, 0.25) is 5.92 Å². The first-order valence-electron chi connectivity index (χ1n) is 12.3. The van der Waals surface area contributed by atoms with Crippen LogP contribution in [-0.2, 0) is 12.0 Å². The summed E-state index contributed by atoms with van der Waals surface area (Å²) in [6, 6.07) is 12.4. The van der Waals surface area contributed by atoms with E-state index < -0.39 is 66.0 Å². The molecule has 2 amide bonds. The zero-order valence-electron chi connectivity index (χ0n) is 21.1. The molecule has 4 nitrogen and oxygen atoms in total. The van der Waals surface area contributed by atoms with Gasteiger partial charge >= 0.3 is 18.3 Å². The van der Waals surface area contributed by atoms with E-state index in [4.69, 9.17) is 0 Å². The van der Waals surface area contributed by atoms with E-state index in [2.05, 4.69) is 15.4 Å². The van der Waals surface area contributed by atoms with E-state index in [-0.39, 0.29) is 24.0 Å². The Bertz CT molecular complexity index is 1370. The summed E-state index contributed by atoms with van der Waals surface area (Å²) in [4.78, 5) is 13.2. The molecule has 41 heavy (non-hydrogen) atoms. The SMILES string of the molecule is O=C(N[C@@H]1CCC(F)(F)C1)N[C@](Cc1ccccc1)(c1ccc(F)cc1)c1cc(F)cc(OC(F)(F)C(F)(F)F)c1. The Morgan fingerprint density at radius 3 is 2.12 bits per heavy atom. The van der Waals surface area contributed by atoms with Crippen LogP contribution in [0.4, 0.5) is 44.3 Å². The molecule has 0 bridgehead atoms. The van der Waals surface area contributed by atoms with Gasteiger partial charge in [0, 0.05) is 31.4 Å². The first-order valence-corrected chi connectivity index (χ1v) is 12.3. The number of ether oxygens (including phenoxy) is 1. The Morgan fingerprint density at radius 2 is 1.54 bits per heavy atom. The molecule has 0 heterocycles. The minimum absolute atomic E-state index is 0.0485. The number of amides is 2. The van der Waals surface area contributed by atoms with E-state index in [1.54, 1.807) is 30.3 Å². The van der Waals surface area contributed by atoms with Gasteiger partial charge in [-0.25, -0.2) is 22.4 Å². The molecule has 220 valence electrons. The Labute approximate surface area is 228 Å². The van der Waals surface area contributed by atoms with E-state index in [1.165, 1.54) is 12.1 Å². The Kier molecular flexibility index (Phi) is 8.19. The van der Waals surface area contributed by atoms with E-state index in [0.717, 1.165) is 18.2 Å². The average molecular weight is 590 g/mol. The first-order chi connectivity index (χ1) is 19.1. The van der Waals surface area contributed by atoms with Crippen LogP contribution in [0.2, 0.25) is 0 Å². The van der Waals surface area contributed by atoms with E-state index >= 15 is 0 Å². The van der Waals surface area contributed by atoms with Gasteiger partial charge in [-0.05, 0) is 47.4 Å². The van der Waals surface area contributed by atoms with Crippen LogP contribution in [0.5, 0.6) is 5.75 Å². The van der Waals surface area contributed by atoms with Gasteiger partial charge in [0.25, 0.3) is 0 Å². The van der Waals surface area contributed by atoms with Gasteiger partial charge in [-0.3, -0.25) is 0 Å². The normalized spacial score (nSPS) is 18.4. The molecule has 0 unspecified atom stereocenters. The standard InChI is InChI=1S/C28H23F9N2O2/c29-20-8-6-18(7-9-20)26(15-17-4-2-1-3-5-17,39-24(40)38-22-10-11-25(31,32)16-22)19-12-21(30)14-23(13-19)41-28(36,37)27(33,34)35/h1-9,12-14,22H,10-11,15-16H2,(H2,38,39,40)/t22-,26-/m1/s1. The summed E-state index contributed by atoms with van der Waals surface area (Å²) in [5.41, 5.74) is -1.72. The maximum atomic E-state index is 14.8. The van der Waals surface area contributed by atoms with Gasteiger partial charge in [0.15, 0.2) is 0 Å². The Morgan fingerprint density at radius 1 is 0.878 bits per heavy atom. The van der Waals surface area contributed by atoms with Crippen molar-refractivity contribution in [2.45, 2.75) is 55.5 Å². The van der Waals surface area contributed by atoms with Crippen molar-refractivity contribution in [3.05, 3.63) is 101 Å². The third-order valence-corrected chi connectivity index (χ3v) is 6.66. The summed E-state index contributed by atoms with van der Waals surface area (Å²) in [5, 5.41) is 5.00. The van der Waals surface area contributed by atoms with Crippen molar-refractivity contribution in [2.75, 3.05) is 0 Å². The summed E-state index contributed by atoms with van der Waals surface area (Å²) < 4.78 is 126. The molecular weight excluding hydrogens is 567 g/mol. The molecule has 1 aliphatic carbocycles. The van der Waals surface area contributed by atoms with Gasteiger partial charge < -0.3 is 15.4 Å². The van der Waals surface area contributed by atoms with Crippen molar-refractivity contribution >= 4 is 6.03 Å². The van der Waals surface area contributed by atoms with Crippen LogP contribution in [0, 0.1) is 11.6 Å². The number of benzene rings is 3. The lowest BCUT2D eigenvalue weighted by molar-refractivity contribution is -0.360. The van der Waals surface area contributed by atoms with Crippen LogP contribution in [0.3, 0.4) is 0 Å². The molecule has 2 N–H and O–H groups in total. The molecule has 3 aromatic carbocycles. The Hall–Kier alpha value is -3.90. The average Bonchev–Trinajstić information content (AvgIpc) is 3.21. The predicted octanol–water partition coefficient (Wildman–Crippen LogP) is 7.47. The molecular formula is C28H23F9N2O2. The summed E-state index contributed by atoms with van der Waals surface area (Å²) in [7, 11) is 0. The maximum absolute atomic E-state index is 14.8. The number of halogens is 9. The molecule has 1 saturated carbocycles. The van der Waals surface area contributed by atoms with Gasteiger partial charge in [0.05, 0.1) is 5.54 Å². The van der Waals surface area contributed by atoms with Crippen molar-refractivity contribution in [1.29, 1.82) is 0 Å². The topological polar surface area (TPSA) is 50.4 Å². The highest BCUT2D eigenvalue weighted by atomic mass is 19.4. The highest BCUT2D eigenvalue weighted by molar-refractivity contribution is 5.76. The molecule has 2 atom stereocenters. The second kappa shape index (κ2) is 11.2. The summed E-state index contributed by atoms with van der Waals surface area (Å²) >= 11 is 0. The van der Waals surface area contributed by atoms with Crippen molar-refractivity contribution in [3.63, 3.8) is 0 Å². The number of carbonyl (C=O) groups excluding carboxylic acids is 1. The molecule has 3 aromatic rings. The number of alkyl halides is 7. The van der Waals surface area contributed by atoms with Gasteiger partial charge in [0.1, 0.15) is 17.4 Å². The van der Waals surface area contributed by atoms with Gasteiger partial charge in [-0.1, -0.05) is 42.5 Å². The monoisotopic (exact) mass is 590 g/mol. The molecule has 0 aromatic heterocycles. The largest absolute Gasteiger partial charge is 0.499 e. The van der Waals surface area contributed by atoms with E-state index in [0.29, 0.717) is 17.7 Å². The molecule has 4 rings (SSSR count). The first kappa shape index (κ1) is 30.1. The fourth-order valence-electron chi connectivity index (χ4n) is 4.76. The number of carbonyl (C=O) groups is 1. The number of rotatable bonds is 8. The summed E-state index contributed by atoms with van der Waals surface area (Å²) in [6.07, 6.45) is -13.2. The van der Waals surface area contributed by atoms with Crippen LogP contribution >= 0.6 is 0 Å². The maximum Gasteiger partial charge on any atom is 0.499 e. The number of hydrogen-bond donors (Lipinski definition) is 2. The quantitative estimate of drug-likeness (QED) is 0.268. The molecule has 0 radical (unpaired) electrons. The lowest BCUT2D eigenvalue weighted by Crippen LogP contribution is -2.54. The van der Waals surface area contributed by atoms with E-state index in [9.17, 15) is 44.3 Å². The highest BCUT2D eigenvalue weighted by Crippen LogP contribution is 2.41. The van der Waals surface area contributed by atoms with E-state index in [1.807, 2.05) is 0 Å². The van der Waals surface area contributed by atoms with Crippen LogP contribution in [0.1, 0.15) is 36.0 Å². The second-order valence-corrected chi connectivity index (χ2v) is 9.76. The lowest BCUT2D eigenvalue weighted by Gasteiger charge is -2.37. The van der Waals surface area contributed by atoms with Gasteiger partial charge in [-0.15, -0.1) is 0 Å². The Balaban J connectivity index is 1.84. The van der Waals surface area contributed by atoms with Crippen molar-refractivity contribution in [1.82, 2.24) is 10.6 Å². The number of urea groups is 1. The summed E-state index contributed by atoms with van der Waals surface area (Å²) in [6.45, 7) is 0. The van der Waals surface area contributed by atoms with Crippen LogP contribution in [0.25, 0.3) is 0 Å². The zero-order chi connectivity index (χ0) is 30.1. The fourth-order valence-corrected chi connectivity index (χ4v) is 4.76. The molecule has 13 heteroatoms. The smallest absolute Gasteiger partial charge is 0.426 e. The van der Waals surface area contributed by atoms with Crippen molar-refractivity contribution in [3.8, 4) is 5.75 Å². The fraction of sp³-hybridized carbons (Fsp3) is 0.321. The number of nitrogens with one attached hydrogen (secondary N) is 2. The molecule has 1 fully saturated rings. The molecule has 0 spiro atoms. The van der Waals surface area contributed by atoms with Crippen LogP contribution < -0.4 is 15.4 Å². The molecule has 0 saturated heterocycles. The minimum Gasteiger partial charge on any atom is -0.426 e.